The van der Waals surface area contributed by atoms with Crippen molar-refractivity contribution in [2.24, 2.45) is 0 Å². The number of aromatic nitrogens is 2. The molecule has 0 aliphatic heterocycles. The van der Waals surface area contributed by atoms with E-state index in [2.05, 4.69) is 25.9 Å². The zero-order valence-corrected chi connectivity index (χ0v) is 11.6. The van der Waals surface area contributed by atoms with E-state index in [1.54, 1.807) is 48.6 Å². The molecule has 1 aromatic heterocycles. The van der Waals surface area contributed by atoms with Crippen LogP contribution in [0.15, 0.2) is 46.3 Å². The third kappa shape index (κ3) is 3.30. The molecule has 0 unspecified atom stereocenters. The van der Waals surface area contributed by atoms with Gasteiger partial charge in [0.2, 0.25) is 0 Å². The van der Waals surface area contributed by atoms with Crippen LogP contribution in [0.4, 0.5) is 0 Å². The van der Waals surface area contributed by atoms with Gasteiger partial charge < -0.3 is 5.11 Å². The van der Waals surface area contributed by atoms with Crippen molar-refractivity contribution in [2.45, 2.75) is 10.8 Å². The van der Waals surface area contributed by atoms with Crippen LogP contribution in [0.1, 0.15) is 15.9 Å². The number of hydrogen-bond donors (Lipinski definition) is 1. The zero-order chi connectivity index (χ0) is 13.0. The molecule has 2 rings (SSSR count). The van der Waals surface area contributed by atoms with Gasteiger partial charge in [-0.1, -0.05) is 22.0 Å². The Bertz CT molecular complexity index is 563. The van der Waals surface area contributed by atoms with Crippen LogP contribution < -0.4 is 0 Å². The van der Waals surface area contributed by atoms with Crippen molar-refractivity contribution in [2.75, 3.05) is 0 Å². The van der Waals surface area contributed by atoms with Gasteiger partial charge in [0.25, 0.3) is 0 Å². The van der Waals surface area contributed by atoms with Crippen LogP contribution in [0, 0.1) is 0 Å². The number of carbonyl (C=O) groups is 1. The SMILES string of the molecule is O=C(O)c1ccc(CSc2cnccn2)c(Br)c1. The molecule has 92 valence electrons. The molecule has 1 heterocycles. The Balaban J connectivity index is 2.08. The molecule has 6 heteroatoms. The fraction of sp³-hybridized carbons (Fsp3) is 0.0833. The van der Waals surface area contributed by atoms with Crippen molar-refractivity contribution in [3.63, 3.8) is 0 Å². The normalized spacial score (nSPS) is 10.3. The van der Waals surface area contributed by atoms with E-state index in [-0.39, 0.29) is 5.56 Å². The number of benzene rings is 1. The van der Waals surface area contributed by atoms with Gasteiger partial charge in [0, 0.05) is 22.6 Å². The summed E-state index contributed by atoms with van der Waals surface area (Å²) < 4.78 is 0.791. The molecule has 0 amide bonds. The minimum absolute atomic E-state index is 0.273. The smallest absolute Gasteiger partial charge is 0.335 e. The van der Waals surface area contributed by atoms with E-state index in [1.807, 2.05) is 0 Å². The third-order valence-corrected chi connectivity index (χ3v) is 3.92. The average molecular weight is 325 g/mol. The maximum Gasteiger partial charge on any atom is 0.335 e. The van der Waals surface area contributed by atoms with Gasteiger partial charge in [-0.15, -0.1) is 11.8 Å². The van der Waals surface area contributed by atoms with Crippen molar-refractivity contribution in [1.29, 1.82) is 0 Å². The Labute approximate surface area is 117 Å². The van der Waals surface area contributed by atoms with Gasteiger partial charge in [0.05, 0.1) is 11.8 Å². The van der Waals surface area contributed by atoms with Gasteiger partial charge in [-0.05, 0) is 17.7 Å². The van der Waals surface area contributed by atoms with E-state index in [4.69, 9.17) is 5.11 Å². The molecule has 0 fully saturated rings. The molecular formula is C12H9BrN2O2S. The summed E-state index contributed by atoms with van der Waals surface area (Å²) in [5.41, 5.74) is 1.30. The molecule has 0 saturated carbocycles. The van der Waals surface area contributed by atoms with Gasteiger partial charge in [-0.2, -0.15) is 0 Å². The predicted molar refractivity (Wildman–Crippen MR) is 72.7 cm³/mol. The van der Waals surface area contributed by atoms with Crippen molar-refractivity contribution in [3.05, 3.63) is 52.4 Å². The summed E-state index contributed by atoms with van der Waals surface area (Å²) in [6.45, 7) is 0. The first kappa shape index (κ1) is 13.0. The lowest BCUT2D eigenvalue weighted by Gasteiger charge is -2.05. The molecule has 0 spiro atoms. The molecule has 4 nitrogen and oxygen atoms in total. The van der Waals surface area contributed by atoms with Crippen LogP contribution >= 0.6 is 27.7 Å². The third-order valence-electron chi connectivity index (χ3n) is 2.22. The monoisotopic (exact) mass is 324 g/mol. The lowest BCUT2D eigenvalue weighted by Crippen LogP contribution is -1.97. The quantitative estimate of drug-likeness (QED) is 0.875. The summed E-state index contributed by atoms with van der Waals surface area (Å²) >= 11 is 4.93. The number of aromatic carboxylic acids is 1. The molecule has 0 aliphatic rings. The van der Waals surface area contributed by atoms with E-state index in [0.717, 1.165) is 15.1 Å². The van der Waals surface area contributed by atoms with Crippen LogP contribution in [0.2, 0.25) is 0 Å². The number of carboxylic acids is 1. The summed E-state index contributed by atoms with van der Waals surface area (Å²) in [5, 5.41) is 9.70. The molecule has 1 N–H and O–H groups in total. The van der Waals surface area contributed by atoms with Crippen molar-refractivity contribution >= 4 is 33.7 Å². The van der Waals surface area contributed by atoms with Crippen LogP contribution in [0.25, 0.3) is 0 Å². The second-order valence-corrected chi connectivity index (χ2v) is 5.29. The second-order valence-electron chi connectivity index (χ2n) is 3.44. The van der Waals surface area contributed by atoms with Gasteiger partial charge in [0.1, 0.15) is 5.03 Å². The minimum atomic E-state index is -0.927. The van der Waals surface area contributed by atoms with Crippen molar-refractivity contribution < 1.29 is 9.90 Å². The van der Waals surface area contributed by atoms with Gasteiger partial charge in [-0.25, -0.2) is 9.78 Å². The fourth-order valence-electron chi connectivity index (χ4n) is 1.31. The van der Waals surface area contributed by atoms with Gasteiger partial charge in [-0.3, -0.25) is 4.98 Å². The van der Waals surface area contributed by atoms with Gasteiger partial charge in [0.15, 0.2) is 0 Å². The lowest BCUT2D eigenvalue weighted by molar-refractivity contribution is 0.0697. The highest BCUT2D eigenvalue weighted by Gasteiger charge is 2.07. The summed E-state index contributed by atoms with van der Waals surface area (Å²) in [4.78, 5) is 18.9. The average Bonchev–Trinajstić information content (AvgIpc) is 2.38. The number of nitrogens with zero attached hydrogens (tertiary/aromatic N) is 2. The van der Waals surface area contributed by atoms with E-state index in [1.165, 1.54) is 0 Å². The predicted octanol–water partition coefficient (Wildman–Crippen LogP) is 3.23. The number of carboxylic acid groups (broad SMARTS) is 1. The number of rotatable bonds is 4. The summed E-state index contributed by atoms with van der Waals surface area (Å²) in [6.07, 6.45) is 4.97. The molecule has 2 aromatic rings. The Morgan fingerprint density at radius 2 is 2.22 bits per heavy atom. The molecule has 0 atom stereocenters. The molecule has 0 radical (unpaired) electrons. The van der Waals surface area contributed by atoms with Crippen molar-refractivity contribution in [3.8, 4) is 0 Å². The summed E-state index contributed by atoms with van der Waals surface area (Å²) in [7, 11) is 0. The van der Waals surface area contributed by atoms with Crippen molar-refractivity contribution in [1.82, 2.24) is 9.97 Å². The van der Waals surface area contributed by atoms with E-state index in [0.29, 0.717) is 5.75 Å². The summed E-state index contributed by atoms with van der Waals surface area (Å²) in [5.74, 6) is -0.219. The standard InChI is InChI=1S/C12H9BrN2O2S/c13-10-5-8(12(16)17)1-2-9(10)7-18-11-6-14-3-4-15-11/h1-6H,7H2,(H,16,17). The first-order chi connectivity index (χ1) is 8.66. The number of thioether (sulfide) groups is 1. The van der Waals surface area contributed by atoms with Crippen LogP contribution in [-0.4, -0.2) is 21.0 Å². The highest BCUT2D eigenvalue weighted by atomic mass is 79.9. The molecule has 1 aromatic carbocycles. The summed E-state index contributed by atoms with van der Waals surface area (Å²) in [6, 6.07) is 5.01. The van der Waals surface area contributed by atoms with Crippen LogP contribution in [0.3, 0.4) is 0 Å². The highest BCUT2D eigenvalue weighted by molar-refractivity contribution is 9.10. The topological polar surface area (TPSA) is 63.1 Å². The maximum atomic E-state index is 10.8. The maximum absolute atomic E-state index is 10.8. The Hall–Kier alpha value is -1.40. The molecule has 0 aliphatic carbocycles. The lowest BCUT2D eigenvalue weighted by atomic mass is 10.1. The Morgan fingerprint density at radius 1 is 1.39 bits per heavy atom. The minimum Gasteiger partial charge on any atom is -0.478 e. The fourth-order valence-corrected chi connectivity index (χ4v) is 2.84. The Morgan fingerprint density at radius 3 is 2.83 bits per heavy atom. The molecule has 18 heavy (non-hydrogen) atoms. The van der Waals surface area contributed by atoms with Gasteiger partial charge >= 0.3 is 5.97 Å². The first-order valence-electron chi connectivity index (χ1n) is 5.07. The molecular weight excluding hydrogens is 316 g/mol. The first-order valence-corrected chi connectivity index (χ1v) is 6.85. The molecule has 0 saturated heterocycles. The van der Waals surface area contributed by atoms with E-state index in [9.17, 15) is 4.79 Å². The number of hydrogen-bond acceptors (Lipinski definition) is 4. The van der Waals surface area contributed by atoms with Crippen LogP contribution in [-0.2, 0) is 5.75 Å². The molecule has 0 bridgehead atoms. The zero-order valence-electron chi connectivity index (χ0n) is 9.21. The van der Waals surface area contributed by atoms with E-state index < -0.39 is 5.97 Å². The second kappa shape index (κ2) is 5.97. The number of halogens is 1. The van der Waals surface area contributed by atoms with Crippen LogP contribution in [0.5, 0.6) is 0 Å². The Kier molecular flexibility index (Phi) is 4.33. The van der Waals surface area contributed by atoms with E-state index >= 15 is 0 Å². The highest BCUT2D eigenvalue weighted by Crippen LogP contribution is 2.26. The largest absolute Gasteiger partial charge is 0.478 e.